The van der Waals surface area contributed by atoms with Gasteiger partial charge < -0.3 is 10.2 Å². The van der Waals surface area contributed by atoms with Crippen LogP contribution in [0.4, 0.5) is 0 Å². The first-order valence-electron chi connectivity index (χ1n) is 6.64. The maximum absolute atomic E-state index is 12.2. The predicted molar refractivity (Wildman–Crippen MR) is 73.4 cm³/mol. The van der Waals surface area contributed by atoms with Crippen molar-refractivity contribution >= 4 is 5.91 Å². The van der Waals surface area contributed by atoms with Crippen LogP contribution in [0.15, 0.2) is 30.3 Å². The molecule has 2 rings (SSSR count). The highest BCUT2D eigenvalue weighted by atomic mass is 16.2. The molecule has 0 bridgehead atoms. The van der Waals surface area contributed by atoms with E-state index in [0.29, 0.717) is 6.42 Å². The van der Waals surface area contributed by atoms with E-state index in [1.54, 1.807) is 0 Å². The van der Waals surface area contributed by atoms with Gasteiger partial charge in [0.05, 0.1) is 0 Å². The first-order valence-corrected chi connectivity index (χ1v) is 6.64. The number of rotatable bonds is 3. The molecule has 1 aliphatic heterocycles. The van der Waals surface area contributed by atoms with Crippen molar-refractivity contribution in [2.75, 3.05) is 19.6 Å². The molecular formula is C15H22N2O. The molecule has 0 spiro atoms. The molecule has 1 aromatic rings. The van der Waals surface area contributed by atoms with Gasteiger partial charge in [0, 0.05) is 31.6 Å². The molecule has 0 unspecified atom stereocenters. The molecule has 1 amide bonds. The highest BCUT2D eigenvalue weighted by Gasteiger charge is 2.28. The number of amides is 1. The molecule has 0 aromatic heterocycles. The van der Waals surface area contributed by atoms with E-state index in [2.05, 4.69) is 31.3 Å². The van der Waals surface area contributed by atoms with Gasteiger partial charge in [0.1, 0.15) is 0 Å². The lowest BCUT2D eigenvalue weighted by Crippen LogP contribution is -2.58. The zero-order chi connectivity index (χ0) is 13.0. The van der Waals surface area contributed by atoms with E-state index < -0.39 is 0 Å². The first-order chi connectivity index (χ1) is 8.57. The number of hydrogen-bond donors (Lipinski definition) is 1. The molecule has 1 aromatic carbocycles. The molecule has 3 heteroatoms. The van der Waals surface area contributed by atoms with Crippen LogP contribution in [-0.2, 0) is 11.2 Å². The van der Waals surface area contributed by atoms with Crippen molar-refractivity contribution in [1.82, 2.24) is 10.2 Å². The van der Waals surface area contributed by atoms with Gasteiger partial charge in [-0.3, -0.25) is 4.79 Å². The Hall–Kier alpha value is -1.35. The van der Waals surface area contributed by atoms with Crippen LogP contribution in [0.3, 0.4) is 0 Å². The summed E-state index contributed by atoms with van der Waals surface area (Å²) >= 11 is 0. The number of nitrogens with one attached hydrogen (secondary N) is 1. The van der Waals surface area contributed by atoms with Gasteiger partial charge in [-0.25, -0.2) is 0 Å². The van der Waals surface area contributed by atoms with E-state index >= 15 is 0 Å². The van der Waals surface area contributed by atoms with Crippen LogP contribution in [0, 0.1) is 0 Å². The van der Waals surface area contributed by atoms with E-state index in [0.717, 1.165) is 26.1 Å². The van der Waals surface area contributed by atoms with E-state index in [9.17, 15) is 4.79 Å². The molecule has 1 N–H and O–H groups in total. The van der Waals surface area contributed by atoms with Gasteiger partial charge in [-0.05, 0) is 25.8 Å². The summed E-state index contributed by atoms with van der Waals surface area (Å²) in [6.07, 6.45) is 1.45. The fraction of sp³-hybridized carbons (Fsp3) is 0.533. The van der Waals surface area contributed by atoms with Crippen molar-refractivity contribution in [3.05, 3.63) is 35.9 Å². The maximum Gasteiger partial charge on any atom is 0.223 e. The van der Waals surface area contributed by atoms with Gasteiger partial charge in [0.2, 0.25) is 5.91 Å². The molecule has 98 valence electrons. The zero-order valence-electron chi connectivity index (χ0n) is 11.3. The molecule has 0 radical (unpaired) electrons. The van der Waals surface area contributed by atoms with Crippen molar-refractivity contribution in [2.45, 2.75) is 32.2 Å². The lowest BCUT2D eigenvalue weighted by atomic mass is 10.0. The van der Waals surface area contributed by atoms with Gasteiger partial charge >= 0.3 is 0 Å². The van der Waals surface area contributed by atoms with E-state index in [1.165, 1.54) is 5.56 Å². The minimum Gasteiger partial charge on any atom is -0.340 e. The summed E-state index contributed by atoms with van der Waals surface area (Å²) in [6, 6.07) is 10.2. The fourth-order valence-corrected chi connectivity index (χ4v) is 2.41. The summed E-state index contributed by atoms with van der Waals surface area (Å²) in [5.41, 5.74) is 1.28. The quantitative estimate of drug-likeness (QED) is 0.882. The number of carbonyl (C=O) groups excluding carboxylic acids is 1. The average molecular weight is 246 g/mol. The van der Waals surface area contributed by atoms with Crippen LogP contribution in [0.5, 0.6) is 0 Å². The number of hydrogen-bond acceptors (Lipinski definition) is 2. The lowest BCUT2D eigenvalue weighted by Gasteiger charge is -2.39. The highest BCUT2D eigenvalue weighted by Crippen LogP contribution is 2.12. The summed E-state index contributed by atoms with van der Waals surface area (Å²) < 4.78 is 0. The van der Waals surface area contributed by atoms with Crippen molar-refractivity contribution in [2.24, 2.45) is 0 Å². The van der Waals surface area contributed by atoms with Crippen molar-refractivity contribution in [1.29, 1.82) is 0 Å². The Morgan fingerprint density at radius 3 is 2.72 bits per heavy atom. The van der Waals surface area contributed by atoms with Gasteiger partial charge in [0.15, 0.2) is 0 Å². The van der Waals surface area contributed by atoms with E-state index in [1.807, 2.05) is 23.1 Å². The van der Waals surface area contributed by atoms with Crippen LogP contribution in [0.25, 0.3) is 0 Å². The topological polar surface area (TPSA) is 32.3 Å². The third-order valence-corrected chi connectivity index (χ3v) is 3.39. The number of piperazine rings is 1. The molecule has 0 aliphatic carbocycles. The average Bonchev–Trinajstić information content (AvgIpc) is 2.36. The van der Waals surface area contributed by atoms with Gasteiger partial charge in [-0.2, -0.15) is 0 Å². The van der Waals surface area contributed by atoms with Crippen LogP contribution >= 0.6 is 0 Å². The molecule has 1 fully saturated rings. The van der Waals surface area contributed by atoms with E-state index in [4.69, 9.17) is 0 Å². The normalized spacial score (nSPS) is 18.7. The molecular weight excluding hydrogens is 224 g/mol. The largest absolute Gasteiger partial charge is 0.340 e. The third kappa shape index (κ3) is 3.57. The minimum atomic E-state index is 0.0423. The van der Waals surface area contributed by atoms with Crippen LogP contribution < -0.4 is 5.32 Å². The second-order valence-electron chi connectivity index (χ2n) is 5.61. The maximum atomic E-state index is 12.2. The standard InChI is InChI=1S/C15H22N2O/c1-15(2)12-17(11-10-16-15)14(18)9-8-13-6-4-3-5-7-13/h3-7,16H,8-12H2,1-2H3. The second kappa shape index (κ2) is 5.53. The zero-order valence-corrected chi connectivity index (χ0v) is 11.3. The van der Waals surface area contributed by atoms with Crippen LogP contribution in [0.1, 0.15) is 25.8 Å². The summed E-state index contributed by atoms with van der Waals surface area (Å²) in [5, 5.41) is 3.42. The monoisotopic (exact) mass is 246 g/mol. The Labute approximate surface area is 109 Å². The number of nitrogens with zero attached hydrogens (tertiary/aromatic N) is 1. The number of aryl methyl sites for hydroxylation is 1. The summed E-state index contributed by atoms with van der Waals surface area (Å²) in [6.45, 7) is 6.81. The van der Waals surface area contributed by atoms with Crippen molar-refractivity contribution in [3.63, 3.8) is 0 Å². The summed E-state index contributed by atoms with van der Waals surface area (Å²) in [7, 11) is 0. The Balaban J connectivity index is 1.85. The molecule has 3 nitrogen and oxygen atoms in total. The van der Waals surface area contributed by atoms with Crippen LogP contribution in [0.2, 0.25) is 0 Å². The van der Waals surface area contributed by atoms with Gasteiger partial charge in [0.25, 0.3) is 0 Å². The smallest absolute Gasteiger partial charge is 0.223 e. The lowest BCUT2D eigenvalue weighted by molar-refractivity contribution is -0.133. The molecule has 1 saturated heterocycles. The van der Waals surface area contributed by atoms with Crippen molar-refractivity contribution < 1.29 is 4.79 Å². The van der Waals surface area contributed by atoms with Gasteiger partial charge in [-0.1, -0.05) is 30.3 Å². The highest BCUT2D eigenvalue weighted by molar-refractivity contribution is 5.76. The number of benzene rings is 1. The number of carbonyl (C=O) groups is 1. The second-order valence-corrected chi connectivity index (χ2v) is 5.61. The summed E-state index contributed by atoms with van der Waals surface area (Å²) in [4.78, 5) is 14.1. The first kappa shape index (κ1) is 13.1. The third-order valence-electron chi connectivity index (χ3n) is 3.39. The van der Waals surface area contributed by atoms with Crippen molar-refractivity contribution in [3.8, 4) is 0 Å². The molecule has 0 atom stereocenters. The Morgan fingerprint density at radius 2 is 2.06 bits per heavy atom. The minimum absolute atomic E-state index is 0.0423. The SMILES string of the molecule is CC1(C)CN(C(=O)CCc2ccccc2)CCN1. The molecule has 18 heavy (non-hydrogen) atoms. The Bertz CT molecular complexity index is 400. The summed E-state index contributed by atoms with van der Waals surface area (Å²) in [5.74, 6) is 0.272. The van der Waals surface area contributed by atoms with Crippen LogP contribution in [-0.4, -0.2) is 36.0 Å². The van der Waals surface area contributed by atoms with Gasteiger partial charge in [-0.15, -0.1) is 0 Å². The Kier molecular flexibility index (Phi) is 4.02. The fourth-order valence-electron chi connectivity index (χ4n) is 2.41. The molecule has 1 heterocycles. The predicted octanol–water partition coefficient (Wildman–Crippen LogP) is 1.83. The van der Waals surface area contributed by atoms with E-state index in [-0.39, 0.29) is 11.4 Å². The Morgan fingerprint density at radius 1 is 1.33 bits per heavy atom. The molecule has 0 saturated carbocycles. The molecule has 1 aliphatic rings.